The van der Waals surface area contributed by atoms with Gasteiger partial charge in [-0.1, -0.05) is 30.3 Å². The van der Waals surface area contributed by atoms with E-state index in [4.69, 9.17) is 4.42 Å². The van der Waals surface area contributed by atoms with Gasteiger partial charge < -0.3 is 14.5 Å². The van der Waals surface area contributed by atoms with Gasteiger partial charge in [0.25, 0.3) is 5.91 Å². The number of anilines is 1. The van der Waals surface area contributed by atoms with E-state index in [1.54, 1.807) is 36.4 Å². The summed E-state index contributed by atoms with van der Waals surface area (Å²) in [6.45, 7) is -1.47. The van der Waals surface area contributed by atoms with E-state index in [1.807, 2.05) is 6.07 Å². The highest BCUT2D eigenvalue weighted by Gasteiger charge is 2.28. The zero-order valence-electron chi connectivity index (χ0n) is 16.7. The van der Waals surface area contributed by atoms with Crippen LogP contribution in [0.5, 0.6) is 5.88 Å². The summed E-state index contributed by atoms with van der Waals surface area (Å²) in [6.07, 6.45) is -0.413. The number of nitrogens with zero attached hydrogens (tertiary/aromatic N) is 5. The summed E-state index contributed by atoms with van der Waals surface area (Å²) < 4.78 is 48.0. The van der Waals surface area contributed by atoms with Gasteiger partial charge in [-0.3, -0.25) is 4.79 Å². The van der Waals surface area contributed by atoms with Crippen LogP contribution in [0, 0.1) is 0 Å². The lowest BCUT2D eigenvalue weighted by atomic mass is 10.2. The summed E-state index contributed by atoms with van der Waals surface area (Å²) in [5.41, 5.74) is 0.929. The second-order valence-electron chi connectivity index (χ2n) is 6.57. The Bertz CT molecular complexity index is 1240. The molecule has 168 valence electrons. The molecule has 9 nitrogen and oxygen atoms in total. The Morgan fingerprint density at radius 2 is 1.94 bits per heavy atom. The summed E-state index contributed by atoms with van der Waals surface area (Å²) in [6, 6.07) is 14.9. The molecule has 0 saturated carbocycles. The zero-order valence-corrected chi connectivity index (χ0v) is 16.7. The number of rotatable bonds is 7. The highest BCUT2D eigenvalue weighted by Crippen LogP contribution is 2.22. The number of carbonyl (C=O) groups is 1. The lowest BCUT2D eigenvalue weighted by Crippen LogP contribution is -2.20. The number of carbonyl (C=O) groups excluding carboxylic acids is 1. The van der Waals surface area contributed by atoms with E-state index in [-0.39, 0.29) is 17.3 Å². The second-order valence-corrected chi connectivity index (χ2v) is 6.57. The maximum Gasteiger partial charge on any atom is 0.422 e. The van der Waals surface area contributed by atoms with Gasteiger partial charge in [0.05, 0.1) is 18.1 Å². The third-order valence-corrected chi connectivity index (χ3v) is 4.16. The Balaban J connectivity index is 1.60. The molecule has 0 unspecified atom stereocenters. The number of furan rings is 1. The zero-order chi connectivity index (χ0) is 23.3. The van der Waals surface area contributed by atoms with E-state index >= 15 is 0 Å². The molecule has 0 aliphatic heterocycles. The fraction of sp³-hybridized carbons (Fsp3) is 0.0952. The van der Waals surface area contributed by atoms with Crippen LogP contribution in [-0.2, 0) is 4.79 Å². The Hall–Kier alpha value is -4.48. The number of alkyl halides is 3. The molecule has 0 aliphatic carbocycles. The molecule has 0 radical (unpaired) electrons. The van der Waals surface area contributed by atoms with E-state index in [9.17, 15) is 18.0 Å². The van der Waals surface area contributed by atoms with Gasteiger partial charge >= 0.3 is 6.18 Å². The van der Waals surface area contributed by atoms with Crippen LogP contribution in [0.3, 0.4) is 0 Å². The van der Waals surface area contributed by atoms with E-state index < -0.39 is 18.7 Å². The number of ether oxygens (including phenoxy) is 1. The van der Waals surface area contributed by atoms with Gasteiger partial charge in [-0.05, 0) is 28.6 Å². The highest BCUT2D eigenvalue weighted by atomic mass is 19.4. The molecule has 1 N–H and O–H groups in total. The molecule has 0 saturated heterocycles. The first-order chi connectivity index (χ1) is 15.9. The smallest absolute Gasteiger partial charge is 0.422 e. The first-order valence-corrected chi connectivity index (χ1v) is 9.45. The van der Waals surface area contributed by atoms with Crippen LogP contribution in [0.15, 0.2) is 71.5 Å². The number of hydrogen-bond acceptors (Lipinski definition) is 7. The van der Waals surface area contributed by atoms with Gasteiger partial charge in [0, 0.05) is 17.7 Å². The third-order valence-electron chi connectivity index (χ3n) is 4.16. The van der Waals surface area contributed by atoms with Crippen LogP contribution < -0.4 is 10.1 Å². The Morgan fingerprint density at radius 3 is 2.61 bits per heavy atom. The van der Waals surface area contributed by atoms with E-state index in [2.05, 4.69) is 30.6 Å². The Morgan fingerprint density at radius 1 is 1.12 bits per heavy atom. The highest BCUT2D eigenvalue weighted by molar-refractivity contribution is 6.24. The molecular formula is C21H15F3N6O3. The quantitative estimate of drug-likeness (QED) is 0.420. The first kappa shape index (κ1) is 21.7. The second kappa shape index (κ2) is 9.34. The van der Waals surface area contributed by atoms with Crippen LogP contribution in [0.4, 0.5) is 18.9 Å². The van der Waals surface area contributed by atoms with Crippen molar-refractivity contribution in [3.8, 4) is 17.3 Å². The molecule has 4 rings (SSSR count). The first-order valence-electron chi connectivity index (χ1n) is 9.45. The number of nitrogens with one attached hydrogen (secondary N) is 1. The molecule has 0 bridgehead atoms. The minimum atomic E-state index is -4.48. The van der Waals surface area contributed by atoms with Crippen molar-refractivity contribution in [3.05, 3.63) is 72.8 Å². The van der Waals surface area contributed by atoms with Crippen LogP contribution >= 0.6 is 0 Å². The fourth-order valence-corrected chi connectivity index (χ4v) is 2.74. The molecule has 1 amide bonds. The van der Waals surface area contributed by atoms with Crippen LogP contribution in [0.2, 0.25) is 0 Å². The number of halogens is 3. The summed E-state index contributed by atoms with van der Waals surface area (Å²) >= 11 is 0. The van der Waals surface area contributed by atoms with Gasteiger partial charge in [0.2, 0.25) is 5.88 Å². The number of amides is 1. The topological polar surface area (TPSA) is 108 Å². The number of aromatic nitrogens is 5. The maximum absolute atomic E-state index is 13.1. The standard InChI is InChI=1S/C21H15F3N6O3/c22-21(23,24)13-33-18-9-8-15(12-25-18)26-20(31)17(11-16-7-4-10-32-16)30-19(27-28-29-30)14-5-2-1-3-6-14/h1-12H,13H2,(H,26,31)/b17-11-. The minimum absolute atomic E-state index is 0.0335. The van der Waals surface area contributed by atoms with Gasteiger partial charge in [-0.15, -0.1) is 5.10 Å². The predicted molar refractivity (Wildman–Crippen MR) is 111 cm³/mol. The molecule has 3 heterocycles. The number of pyridine rings is 1. The molecule has 33 heavy (non-hydrogen) atoms. The van der Waals surface area contributed by atoms with Crippen molar-refractivity contribution in [2.45, 2.75) is 6.18 Å². The summed E-state index contributed by atoms with van der Waals surface area (Å²) in [5.74, 6) is -0.147. The Labute approximate surface area is 184 Å². The summed E-state index contributed by atoms with van der Waals surface area (Å²) in [4.78, 5) is 16.9. The van der Waals surface area contributed by atoms with Crippen LogP contribution in [0.1, 0.15) is 5.76 Å². The van der Waals surface area contributed by atoms with Crippen molar-refractivity contribution < 1.29 is 27.1 Å². The molecule has 0 aliphatic rings. The number of tetrazole rings is 1. The molecule has 0 fully saturated rings. The van der Waals surface area contributed by atoms with Crippen molar-refractivity contribution in [1.82, 2.24) is 25.2 Å². The van der Waals surface area contributed by atoms with Crippen LogP contribution in [-0.4, -0.2) is 43.9 Å². The average molecular weight is 456 g/mol. The molecule has 12 heteroatoms. The van der Waals surface area contributed by atoms with Crippen molar-refractivity contribution in [3.63, 3.8) is 0 Å². The minimum Gasteiger partial charge on any atom is -0.468 e. The van der Waals surface area contributed by atoms with Crippen molar-refractivity contribution in [2.24, 2.45) is 0 Å². The third kappa shape index (κ3) is 5.61. The SMILES string of the molecule is O=C(Nc1ccc(OCC(F)(F)F)nc1)/C(=C/c1ccco1)n1nnnc1-c1ccccc1. The normalized spacial score (nSPS) is 11.9. The Kier molecular flexibility index (Phi) is 6.15. The molecular weight excluding hydrogens is 441 g/mol. The van der Waals surface area contributed by atoms with Crippen LogP contribution in [0.25, 0.3) is 23.2 Å². The number of benzene rings is 1. The van der Waals surface area contributed by atoms with Gasteiger partial charge in [0.1, 0.15) is 11.5 Å². The van der Waals surface area contributed by atoms with Crippen molar-refractivity contribution >= 4 is 23.4 Å². The van der Waals surface area contributed by atoms with Crippen molar-refractivity contribution in [2.75, 3.05) is 11.9 Å². The predicted octanol–water partition coefficient (Wildman–Crippen LogP) is 3.91. The van der Waals surface area contributed by atoms with Gasteiger partial charge in [-0.25, -0.2) is 4.98 Å². The maximum atomic E-state index is 13.1. The summed E-state index contributed by atoms with van der Waals surface area (Å²) in [7, 11) is 0. The monoisotopic (exact) mass is 456 g/mol. The fourth-order valence-electron chi connectivity index (χ4n) is 2.74. The van der Waals surface area contributed by atoms with Gasteiger partial charge in [-0.2, -0.15) is 17.9 Å². The lowest BCUT2D eigenvalue weighted by molar-refractivity contribution is -0.154. The molecule has 0 atom stereocenters. The van der Waals surface area contributed by atoms with E-state index in [1.165, 1.54) is 35.4 Å². The molecule has 4 aromatic rings. The molecule has 3 aromatic heterocycles. The molecule has 0 spiro atoms. The van der Waals surface area contributed by atoms with Crippen molar-refractivity contribution in [1.29, 1.82) is 0 Å². The van der Waals surface area contributed by atoms with Gasteiger partial charge in [0.15, 0.2) is 12.4 Å². The number of hydrogen-bond donors (Lipinski definition) is 1. The molecule has 1 aromatic carbocycles. The largest absolute Gasteiger partial charge is 0.468 e. The summed E-state index contributed by atoms with van der Waals surface area (Å²) in [5, 5.41) is 14.2. The van der Waals surface area contributed by atoms with E-state index in [0.717, 1.165) is 0 Å². The average Bonchev–Trinajstić information content (AvgIpc) is 3.49. The van der Waals surface area contributed by atoms with E-state index in [0.29, 0.717) is 17.1 Å². The lowest BCUT2D eigenvalue weighted by Gasteiger charge is -2.11.